The Kier molecular flexibility index (Phi) is 6.03. The van der Waals surface area contributed by atoms with Crippen LogP contribution in [0.25, 0.3) is 0 Å². The Bertz CT molecular complexity index is 1110. The molecule has 2 N–H and O–H groups in total. The van der Waals surface area contributed by atoms with Crippen LogP contribution in [-0.2, 0) is 6.42 Å². The summed E-state index contributed by atoms with van der Waals surface area (Å²) in [4.78, 5) is 2.52. The Labute approximate surface area is 196 Å². The summed E-state index contributed by atoms with van der Waals surface area (Å²) in [6.07, 6.45) is 2.11. The van der Waals surface area contributed by atoms with Gasteiger partial charge >= 0.3 is 0 Å². The average Bonchev–Trinajstić information content (AvgIpc) is 3.41. The molecule has 0 saturated carbocycles. The van der Waals surface area contributed by atoms with Gasteiger partial charge in [0, 0.05) is 18.5 Å². The summed E-state index contributed by atoms with van der Waals surface area (Å²) in [5, 5.41) is 20.1. The lowest BCUT2D eigenvalue weighted by Gasteiger charge is -2.24. The number of phenols is 2. The van der Waals surface area contributed by atoms with Crippen LogP contribution < -0.4 is 4.74 Å². The predicted octanol–water partition coefficient (Wildman–Crippen LogP) is 5.68. The van der Waals surface area contributed by atoms with E-state index >= 15 is 0 Å². The zero-order valence-electron chi connectivity index (χ0n) is 19.4. The molecule has 33 heavy (non-hydrogen) atoms. The number of hydrogen-bond donors (Lipinski definition) is 2. The van der Waals surface area contributed by atoms with Crippen molar-refractivity contribution in [2.75, 3.05) is 19.7 Å². The Morgan fingerprint density at radius 1 is 0.970 bits per heavy atom. The van der Waals surface area contributed by atoms with Gasteiger partial charge in [0.1, 0.15) is 23.9 Å². The monoisotopic (exact) mass is 443 g/mol. The van der Waals surface area contributed by atoms with Gasteiger partial charge < -0.3 is 14.9 Å². The fraction of sp³-hybridized carbons (Fsp3) is 0.379. The van der Waals surface area contributed by atoms with Crippen molar-refractivity contribution in [3.63, 3.8) is 0 Å². The highest BCUT2D eigenvalue weighted by atomic mass is 16.5. The third-order valence-electron chi connectivity index (χ3n) is 7.41. The van der Waals surface area contributed by atoms with E-state index in [0.717, 1.165) is 36.7 Å². The number of nitrogens with zero attached hydrogens (tertiary/aromatic N) is 1. The topological polar surface area (TPSA) is 52.9 Å². The lowest BCUT2D eigenvalue weighted by Crippen LogP contribution is -2.35. The van der Waals surface area contributed by atoms with Crippen LogP contribution in [-0.4, -0.2) is 40.9 Å². The van der Waals surface area contributed by atoms with E-state index in [9.17, 15) is 10.2 Å². The highest BCUT2D eigenvalue weighted by Gasteiger charge is 2.35. The standard InChI is InChI=1S/C29H33NO3/c1-19-12-13-30(17-19)20(2)18-33-26-9-6-21(7-10-26)29-27-11-8-25(32)15-23(27)16-28(29)22-4-3-5-24(31)14-22/h3-11,14-15,19-20,28-29,31-32H,12-13,16-18H2,1-2H3. The molecule has 1 aliphatic heterocycles. The van der Waals surface area contributed by atoms with Gasteiger partial charge in [0.15, 0.2) is 0 Å². The fourth-order valence-corrected chi connectivity index (χ4v) is 5.58. The second-order valence-corrected chi connectivity index (χ2v) is 9.88. The zero-order valence-corrected chi connectivity index (χ0v) is 19.4. The Morgan fingerprint density at radius 2 is 1.76 bits per heavy atom. The molecular formula is C29H33NO3. The minimum Gasteiger partial charge on any atom is -0.508 e. The Morgan fingerprint density at radius 3 is 2.48 bits per heavy atom. The third-order valence-corrected chi connectivity index (χ3v) is 7.41. The summed E-state index contributed by atoms with van der Waals surface area (Å²) in [6.45, 7) is 7.59. The molecule has 1 fully saturated rings. The predicted molar refractivity (Wildman–Crippen MR) is 131 cm³/mol. The smallest absolute Gasteiger partial charge is 0.119 e. The highest BCUT2D eigenvalue weighted by Crippen LogP contribution is 2.49. The van der Waals surface area contributed by atoms with E-state index in [1.165, 1.54) is 23.1 Å². The normalized spacial score (nSPS) is 23.4. The molecule has 1 saturated heterocycles. The van der Waals surface area contributed by atoms with Gasteiger partial charge in [0.05, 0.1) is 0 Å². The van der Waals surface area contributed by atoms with Gasteiger partial charge in [-0.05, 0) is 96.8 Å². The molecular weight excluding hydrogens is 410 g/mol. The molecule has 0 aromatic heterocycles. The number of benzene rings is 3. The lowest BCUT2D eigenvalue weighted by molar-refractivity contribution is 0.169. The molecule has 1 aliphatic carbocycles. The second kappa shape index (κ2) is 9.11. The van der Waals surface area contributed by atoms with Gasteiger partial charge in [-0.2, -0.15) is 0 Å². The number of likely N-dealkylation sites (tertiary alicyclic amines) is 1. The van der Waals surface area contributed by atoms with Crippen LogP contribution in [0.2, 0.25) is 0 Å². The number of aromatic hydroxyl groups is 2. The molecule has 2 aliphatic rings. The number of fused-ring (bicyclic) bond motifs is 1. The molecule has 0 amide bonds. The van der Waals surface area contributed by atoms with Crippen molar-refractivity contribution < 1.29 is 14.9 Å². The molecule has 0 bridgehead atoms. The summed E-state index contributed by atoms with van der Waals surface area (Å²) >= 11 is 0. The molecule has 4 nitrogen and oxygen atoms in total. The van der Waals surface area contributed by atoms with Crippen LogP contribution in [0.4, 0.5) is 0 Å². The van der Waals surface area contributed by atoms with Crippen LogP contribution in [0.3, 0.4) is 0 Å². The zero-order chi connectivity index (χ0) is 22.9. The molecule has 0 radical (unpaired) electrons. The minimum absolute atomic E-state index is 0.168. The van der Waals surface area contributed by atoms with Crippen LogP contribution in [0.5, 0.6) is 17.2 Å². The maximum Gasteiger partial charge on any atom is 0.119 e. The molecule has 5 rings (SSSR count). The number of phenolic OH excluding ortho intramolecular Hbond substituents is 2. The van der Waals surface area contributed by atoms with E-state index < -0.39 is 0 Å². The second-order valence-electron chi connectivity index (χ2n) is 9.88. The van der Waals surface area contributed by atoms with Crippen molar-refractivity contribution in [1.29, 1.82) is 0 Å². The molecule has 3 aromatic rings. The average molecular weight is 444 g/mol. The van der Waals surface area contributed by atoms with Gasteiger partial charge in [-0.3, -0.25) is 4.90 Å². The summed E-state index contributed by atoms with van der Waals surface area (Å²) in [5.74, 6) is 2.64. The van der Waals surface area contributed by atoms with Gasteiger partial charge in [-0.1, -0.05) is 37.3 Å². The third kappa shape index (κ3) is 4.58. The first-order chi connectivity index (χ1) is 16.0. The minimum atomic E-state index is 0.168. The SMILES string of the molecule is CC1CCN(C(C)COc2ccc(C3c4ccc(O)cc4CC3c3cccc(O)c3)cc2)C1. The molecule has 1 heterocycles. The summed E-state index contributed by atoms with van der Waals surface area (Å²) in [5.41, 5.74) is 4.75. The quantitative estimate of drug-likeness (QED) is 0.515. The van der Waals surface area contributed by atoms with Crippen LogP contribution in [0, 0.1) is 5.92 Å². The van der Waals surface area contributed by atoms with Crippen molar-refractivity contribution in [3.8, 4) is 17.2 Å². The van der Waals surface area contributed by atoms with E-state index in [2.05, 4.69) is 49.1 Å². The van der Waals surface area contributed by atoms with Crippen molar-refractivity contribution in [2.45, 2.75) is 44.6 Å². The molecule has 4 heteroatoms. The van der Waals surface area contributed by atoms with Crippen LogP contribution in [0.1, 0.15) is 54.4 Å². The van der Waals surface area contributed by atoms with Gasteiger partial charge in [0.25, 0.3) is 0 Å². The van der Waals surface area contributed by atoms with E-state index in [1.54, 1.807) is 12.1 Å². The molecule has 0 spiro atoms. The van der Waals surface area contributed by atoms with Gasteiger partial charge in [0.2, 0.25) is 0 Å². The number of rotatable bonds is 6. The van der Waals surface area contributed by atoms with Crippen molar-refractivity contribution in [3.05, 3.63) is 89.0 Å². The summed E-state index contributed by atoms with van der Waals surface area (Å²) in [7, 11) is 0. The molecule has 3 aromatic carbocycles. The van der Waals surface area contributed by atoms with E-state index in [0.29, 0.717) is 18.4 Å². The molecule has 4 unspecified atom stereocenters. The van der Waals surface area contributed by atoms with Crippen molar-refractivity contribution in [2.24, 2.45) is 5.92 Å². The van der Waals surface area contributed by atoms with E-state index in [1.807, 2.05) is 24.3 Å². The van der Waals surface area contributed by atoms with Crippen molar-refractivity contribution >= 4 is 0 Å². The Balaban J connectivity index is 1.36. The van der Waals surface area contributed by atoms with Crippen LogP contribution >= 0.6 is 0 Å². The molecule has 172 valence electrons. The van der Waals surface area contributed by atoms with E-state index in [-0.39, 0.29) is 17.6 Å². The summed E-state index contributed by atoms with van der Waals surface area (Å²) in [6, 6.07) is 22.2. The first kappa shape index (κ1) is 21.8. The first-order valence-corrected chi connectivity index (χ1v) is 12.1. The maximum atomic E-state index is 10.1. The Hall–Kier alpha value is -2.98. The number of ether oxygens (including phenoxy) is 1. The lowest BCUT2D eigenvalue weighted by atomic mass is 9.82. The number of hydrogen-bond acceptors (Lipinski definition) is 4. The largest absolute Gasteiger partial charge is 0.508 e. The van der Waals surface area contributed by atoms with Gasteiger partial charge in [-0.15, -0.1) is 0 Å². The first-order valence-electron chi connectivity index (χ1n) is 12.1. The van der Waals surface area contributed by atoms with Gasteiger partial charge in [-0.25, -0.2) is 0 Å². The van der Waals surface area contributed by atoms with Crippen LogP contribution in [0.15, 0.2) is 66.7 Å². The van der Waals surface area contributed by atoms with Crippen molar-refractivity contribution in [1.82, 2.24) is 4.90 Å². The maximum absolute atomic E-state index is 10.1. The summed E-state index contributed by atoms with van der Waals surface area (Å²) < 4.78 is 6.14. The van der Waals surface area contributed by atoms with E-state index in [4.69, 9.17) is 4.74 Å². The molecule has 4 atom stereocenters. The fourth-order valence-electron chi connectivity index (χ4n) is 5.58. The highest BCUT2D eigenvalue weighted by molar-refractivity contribution is 5.51.